The van der Waals surface area contributed by atoms with Crippen molar-refractivity contribution in [2.24, 2.45) is 5.92 Å². The molecule has 0 amide bonds. The molecule has 96 valence electrons. The van der Waals surface area contributed by atoms with E-state index in [1.54, 1.807) is 7.11 Å². The van der Waals surface area contributed by atoms with Crippen molar-refractivity contribution in [3.05, 3.63) is 18.2 Å². The fourth-order valence-electron chi connectivity index (χ4n) is 2.58. The summed E-state index contributed by atoms with van der Waals surface area (Å²) >= 11 is 0. The summed E-state index contributed by atoms with van der Waals surface area (Å²) in [5, 5.41) is 3.42. The van der Waals surface area contributed by atoms with E-state index in [1.165, 1.54) is 12.1 Å². The molecule has 4 nitrogen and oxygen atoms in total. The second-order valence-corrected chi connectivity index (χ2v) is 5.18. The number of ether oxygens (including phenoxy) is 1. The van der Waals surface area contributed by atoms with E-state index in [-0.39, 0.29) is 0 Å². The third kappa shape index (κ3) is 2.69. The molecule has 0 spiro atoms. The summed E-state index contributed by atoms with van der Waals surface area (Å²) in [6.45, 7) is 7.41. The molecule has 1 aromatic rings. The van der Waals surface area contributed by atoms with Crippen molar-refractivity contribution in [1.82, 2.24) is 14.9 Å². The summed E-state index contributed by atoms with van der Waals surface area (Å²) in [6, 6.07) is 0.387. The van der Waals surface area contributed by atoms with E-state index in [0.29, 0.717) is 17.9 Å². The van der Waals surface area contributed by atoms with Crippen LogP contribution in [0.1, 0.15) is 37.9 Å². The van der Waals surface area contributed by atoms with Gasteiger partial charge in [-0.1, -0.05) is 13.8 Å². The van der Waals surface area contributed by atoms with Crippen molar-refractivity contribution >= 4 is 0 Å². The van der Waals surface area contributed by atoms with Crippen LogP contribution in [0, 0.1) is 5.92 Å². The molecule has 0 radical (unpaired) electrons. The van der Waals surface area contributed by atoms with Crippen molar-refractivity contribution in [2.45, 2.75) is 32.2 Å². The quantitative estimate of drug-likeness (QED) is 0.849. The lowest BCUT2D eigenvalue weighted by molar-refractivity contribution is 0.131. The maximum atomic E-state index is 5.34. The van der Waals surface area contributed by atoms with Crippen molar-refractivity contribution < 1.29 is 4.74 Å². The summed E-state index contributed by atoms with van der Waals surface area (Å²) in [4.78, 5) is 4.33. The predicted molar refractivity (Wildman–Crippen MR) is 68.2 cm³/mol. The van der Waals surface area contributed by atoms with Gasteiger partial charge in [0.25, 0.3) is 0 Å². The van der Waals surface area contributed by atoms with Crippen LogP contribution in [-0.2, 0) is 4.74 Å². The lowest BCUT2D eigenvalue weighted by Gasteiger charge is -2.25. The van der Waals surface area contributed by atoms with Crippen LogP contribution < -0.4 is 5.32 Å². The molecule has 17 heavy (non-hydrogen) atoms. The van der Waals surface area contributed by atoms with Crippen LogP contribution in [0.5, 0.6) is 0 Å². The highest BCUT2D eigenvalue weighted by atomic mass is 16.5. The molecule has 1 aliphatic rings. The van der Waals surface area contributed by atoms with Gasteiger partial charge in [0.15, 0.2) is 0 Å². The Morgan fingerprint density at radius 2 is 2.41 bits per heavy atom. The van der Waals surface area contributed by atoms with Gasteiger partial charge in [-0.25, -0.2) is 4.98 Å². The highest BCUT2D eigenvalue weighted by Gasteiger charge is 2.24. The van der Waals surface area contributed by atoms with Gasteiger partial charge in [0.1, 0.15) is 0 Å². The number of methoxy groups -OCH3 is 1. The van der Waals surface area contributed by atoms with Gasteiger partial charge >= 0.3 is 0 Å². The molecule has 1 aromatic heterocycles. The lowest BCUT2D eigenvalue weighted by Crippen LogP contribution is -2.23. The summed E-state index contributed by atoms with van der Waals surface area (Å²) in [6.07, 6.45) is 5.18. The zero-order valence-electron chi connectivity index (χ0n) is 11.0. The molecule has 1 N–H and O–H groups in total. The maximum absolute atomic E-state index is 5.34. The predicted octanol–water partition coefficient (Wildman–Crippen LogP) is 1.80. The second-order valence-electron chi connectivity index (χ2n) is 5.18. The van der Waals surface area contributed by atoms with E-state index >= 15 is 0 Å². The Labute approximate surface area is 103 Å². The normalized spacial score (nSPS) is 22.2. The third-order valence-electron chi connectivity index (χ3n) is 3.64. The maximum Gasteiger partial charge on any atom is 0.0951 e. The minimum absolute atomic E-state index is 0.387. The molecule has 1 aliphatic heterocycles. The van der Waals surface area contributed by atoms with Gasteiger partial charge in [-0.3, -0.25) is 0 Å². The van der Waals surface area contributed by atoms with Crippen LogP contribution in [-0.4, -0.2) is 36.4 Å². The molecule has 0 aromatic carbocycles. The number of hydrogen-bond donors (Lipinski definition) is 1. The van der Waals surface area contributed by atoms with Crippen LogP contribution >= 0.6 is 0 Å². The van der Waals surface area contributed by atoms with Crippen LogP contribution in [0.15, 0.2) is 12.5 Å². The highest BCUT2D eigenvalue weighted by molar-refractivity contribution is 5.10. The van der Waals surface area contributed by atoms with E-state index in [1.807, 2.05) is 12.5 Å². The molecule has 2 unspecified atom stereocenters. The van der Waals surface area contributed by atoms with Gasteiger partial charge in [0.05, 0.1) is 19.0 Å². The first kappa shape index (κ1) is 12.6. The fourth-order valence-corrected chi connectivity index (χ4v) is 2.58. The number of aromatic nitrogens is 2. The summed E-state index contributed by atoms with van der Waals surface area (Å²) in [7, 11) is 1.77. The lowest BCUT2D eigenvalue weighted by atomic mass is 10.0. The molecule has 2 heterocycles. The number of hydrogen-bond acceptors (Lipinski definition) is 3. The first-order chi connectivity index (χ1) is 8.24. The van der Waals surface area contributed by atoms with Crippen LogP contribution in [0.25, 0.3) is 0 Å². The number of imidazole rings is 1. The van der Waals surface area contributed by atoms with Crippen molar-refractivity contribution in [3.63, 3.8) is 0 Å². The molecule has 2 atom stereocenters. The molecule has 1 saturated heterocycles. The number of rotatable bonds is 5. The topological polar surface area (TPSA) is 39.1 Å². The van der Waals surface area contributed by atoms with E-state index in [4.69, 9.17) is 4.74 Å². The Morgan fingerprint density at radius 3 is 3.00 bits per heavy atom. The first-order valence-electron chi connectivity index (χ1n) is 6.45. The molecule has 0 bridgehead atoms. The van der Waals surface area contributed by atoms with Gasteiger partial charge in [0.2, 0.25) is 0 Å². The molecule has 0 saturated carbocycles. The Bertz CT molecular complexity index is 342. The Hall–Kier alpha value is -0.870. The second kappa shape index (κ2) is 5.65. The average Bonchev–Trinajstić information content (AvgIpc) is 2.95. The van der Waals surface area contributed by atoms with Crippen LogP contribution in [0.4, 0.5) is 0 Å². The largest absolute Gasteiger partial charge is 0.383 e. The van der Waals surface area contributed by atoms with Gasteiger partial charge in [-0.2, -0.15) is 0 Å². The van der Waals surface area contributed by atoms with Crippen molar-refractivity contribution in [2.75, 3.05) is 26.8 Å². The van der Waals surface area contributed by atoms with E-state index in [0.717, 1.165) is 19.7 Å². The molecule has 1 fully saturated rings. The zero-order valence-corrected chi connectivity index (χ0v) is 11.0. The third-order valence-corrected chi connectivity index (χ3v) is 3.64. The van der Waals surface area contributed by atoms with Crippen molar-refractivity contribution in [3.8, 4) is 0 Å². The Morgan fingerprint density at radius 1 is 1.59 bits per heavy atom. The minimum atomic E-state index is 0.387. The minimum Gasteiger partial charge on any atom is -0.383 e. The van der Waals surface area contributed by atoms with Crippen molar-refractivity contribution in [1.29, 1.82) is 0 Å². The summed E-state index contributed by atoms with van der Waals surface area (Å²) < 4.78 is 7.65. The number of nitrogens with one attached hydrogen (secondary N) is 1. The smallest absolute Gasteiger partial charge is 0.0951 e. The molecule has 4 heteroatoms. The standard InChI is InChI=1S/C13H23N3O/c1-10(2)13(8-17-3)16-9-15-7-12(16)11-4-5-14-6-11/h7,9-11,13-14H,4-6,8H2,1-3H3. The van der Waals surface area contributed by atoms with E-state index in [9.17, 15) is 0 Å². The SMILES string of the molecule is COCC(C(C)C)n1cncc1C1CCNC1. The molecule has 0 aliphatic carbocycles. The average molecular weight is 237 g/mol. The highest BCUT2D eigenvalue weighted by Crippen LogP contribution is 2.27. The van der Waals surface area contributed by atoms with E-state index in [2.05, 4.69) is 28.7 Å². The summed E-state index contributed by atoms with van der Waals surface area (Å²) in [5.41, 5.74) is 1.35. The van der Waals surface area contributed by atoms with Crippen LogP contribution in [0.2, 0.25) is 0 Å². The van der Waals surface area contributed by atoms with Gasteiger partial charge in [-0.05, 0) is 18.9 Å². The fraction of sp³-hybridized carbons (Fsp3) is 0.769. The van der Waals surface area contributed by atoms with Gasteiger partial charge < -0.3 is 14.6 Å². The first-order valence-corrected chi connectivity index (χ1v) is 6.45. The molecular weight excluding hydrogens is 214 g/mol. The Balaban J connectivity index is 2.21. The molecule has 2 rings (SSSR count). The Kier molecular flexibility index (Phi) is 4.18. The monoisotopic (exact) mass is 237 g/mol. The number of nitrogens with zero attached hydrogens (tertiary/aromatic N) is 2. The summed E-state index contributed by atoms with van der Waals surface area (Å²) in [5.74, 6) is 1.16. The van der Waals surface area contributed by atoms with Crippen LogP contribution in [0.3, 0.4) is 0 Å². The van der Waals surface area contributed by atoms with Gasteiger partial charge in [-0.15, -0.1) is 0 Å². The zero-order chi connectivity index (χ0) is 12.3. The molecular formula is C13H23N3O. The van der Waals surface area contributed by atoms with Gasteiger partial charge in [0, 0.05) is 31.5 Å². The van der Waals surface area contributed by atoms with E-state index < -0.39 is 0 Å².